The third kappa shape index (κ3) is 4.36. The van der Waals surface area contributed by atoms with Crippen LogP contribution in [0.15, 0.2) is 35.7 Å². The maximum atomic E-state index is 14.3. The van der Waals surface area contributed by atoms with Crippen molar-refractivity contribution in [2.45, 2.75) is 30.2 Å². The van der Waals surface area contributed by atoms with E-state index in [0.717, 1.165) is 13.3 Å². The molecule has 0 N–H and O–H groups in total. The zero-order valence-corrected chi connectivity index (χ0v) is 16.7. The average molecular weight is 427 g/mol. The van der Waals surface area contributed by atoms with Crippen LogP contribution in [0.4, 0.5) is 13.2 Å². The van der Waals surface area contributed by atoms with E-state index in [0.29, 0.717) is 28.7 Å². The number of halogens is 3. The molecule has 0 aliphatic heterocycles. The second-order valence-electron chi connectivity index (χ2n) is 7.04. The topological polar surface area (TPSA) is 72.3 Å². The summed E-state index contributed by atoms with van der Waals surface area (Å²) < 4.78 is 64.6. The van der Waals surface area contributed by atoms with Gasteiger partial charge in [0.1, 0.15) is 11.3 Å². The molecular formula is C19H20F3N3O3S. The number of aryl methyl sites for hydroxylation is 1. The number of carbonyl (C=O) groups excluding carboxylic acids is 1. The molecule has 1 aliphatic carbocycles. The molecule has 3 rings (SSSR count). The number of sulfone groups is 1. The predicted octanol–water partition coefficient (Wildman–Crippen LogP) is 3.22. The molecule has 1 heterocycles. The summed E-state index contributed by atoms with van der Waals surface area (Å²) in [5.41, 5.74) is -0.539. The van der Waals surface area contributed by atoms with E-state index in [-0.39, 0.29) is 17.5 Å². The summed E-state index contributed by atoms with van der Waals surface area (Å²) in [7, 11) is -2.20. The summed E-state index contributed by atoms with van der Waals surface area (Å²) >= 11 is 0. The fourth-order valence-corrected chi connectivity index (χ4v) is 3.64. The molecule has 0 radical (unpaired) electrons. The maximum Gasteiger partial charge on any atom is 0.283 e. The van der Waals surface area contributed by atoms with E-state index in [1.54, 1.807) is 12.1 Å². The molecule has 0 atom stereocenters. The number of amides is 1. The van der Waals surface area contributed by atoms with E-state index < -0.39 is 39.4 Å². The Hall–Kier alpha value is -2.62. The Morgan fingerprint density at radius 1 is 1.31 bits per heavy atom. The van der Waals surface area contributed by atoms with Crippen LogP contribution in [0, 0.1) is 5.95 Å². The van der Waals surface area contributed by atoms with E-state index in [4.69, 9.17) is 0 Å². The Kier molecular flexibility index (Phi) is 5.57. The zero-order valence-electron chi connectivity index (χ0n) is 15.9. The quantitative estimate of drug-likeness (QED) is 0.680. The van der Waals surface area contributed by atoms with Gasteiger partial charge in [-0.2, -0.15) is 9.49 Å². The molecule has 10 heteroatoms. The first-order valence-electron chi connectivity index (χ1n) is 8.80. The van der Waals surface area contributed by atoms with Gasteiger partial charge < -0.3 is 4.90 Å². The maximum absolute atomic E-state index is 14.3. The minimum Gasteiger partial charge on any atom is -0.331 e. The van der Waals surface area contributed by atoms with Crippen LogP contribution in [0.1, 0.15) is 40.9 Å². The van der Waals surface area contributed by atoms with Gasteiger partial charge in [-0.15, -0.1) is 0 Å². The SMILES string of the molecule is C=C(CN(C(=O)c1c(C(F)F)nn(C)c1F)C1CC1)c1ccc(S(C)(=O)=O)cc1. The molecule has 1 amide bonds. The van der Waals surface area contributed by atoms with Crippen LogP contribution in [0.2, 0.25) is 0 Å². The van der Waals surface area contributed by atoms with E-state index in [2.05, 4.69) is 11.7 Å². The molecule has 0 bridgehead atoms. The van der Waals surface area contributed by atoms with Gasteiger partial charge in [-0.25, -0.2) is 21.9 Å². The molecule has 1 fully saturated rings. The molecule has 2 aromatic rings. The van der Waals surface area contributed by atoms with E-state index in [9.17, 15) is 26.4 Å². The van der Waals surface area contributed by atoms with Gasteiger partial charge in [0, 0.05) is 25.9 Å². The summed E-state index contributed by atoms with van der Waals surface area (Å²) in [5.74, 6) is -1.97. The minimum absolute atomic E-state index is 0.00126. The first kappa shape index (κ1) is 21.1. The lowest BCUT2D eigenvalue weighted by Gasteiger charge is -2.24. The van der Waals surface area contributed by atoms with Crippen LogP contribution in [0.5, 0.6) is 0 Å². The normalized spacial score (nSPS) is 14.3. The molecule has 1 saturated carbocycles. The number of hydrogen-bond acceptors (Lipinski definition) is 4. The van der Waals surface area contributed by atoms with Gasteiger partial charge in [0.15, 0.2) is 9.84 Å². The smallest absolute Gasteiger partial charge is 0.283 e. The summed E-state index contributed by atoms with van der Waals surface area (Å²) in [4.78, 5) is 14.4. The number of aromatic nitrogens is 2. The van der Waals surface area contributed by atoms with Gasteiger partial charge in [-0.05, 0) is 36.1 Å². The molecule has 1 aromatic heterocycles. The first-order chi connectivity index (χ1) is 13.5. The highest BCUT2D eigenvalue weighted by Crippen LogP contribution is 2.33. The lowest BCUT2D eigenvalue weighted by Crippen LogP contribution is -2.35. The standard InChI is InChI=1S/C19H20F3N3O3S/c1-11(12-4-8-14(9-5-12)29(3,27)28)10-25(13-6-7-13)19(26)15-16(17(20)21)23-24(2)18(15)22/h4-5,8-9,13,17H,1,6-7,10H2,2-3H3. The largest absolute Gasteiger partial charge is 0.331 e. The predicted molar refractivity (Wildman–Crippen MR) is 101 cm³/mol. The highest BCUT2D eigenvalue weighted by molar-refractivity contribution is 7.90. The van der Waals surface area contributed by atoms with Crippen LogP contribution in [0.25, 0.3) is 5.57 Å². The Morgan fingerprint density at radius 3 is 2.38 bits per heavy atom. The summed E-state index contributed by atoms with van der Waals surface area (Å²) in [6.07, 6.45) is -0.638. The first-order valence-corrected chi connectivity index (χ1v) is 10.7. The second-order valence-corrected chi connectivity index (χ2v) is 9.06. The van der Waals surface area contributed by atoms with Crippen molar-refractivity contribution in [3.8, 4) is 0 Å². The fourth-order valence-electron chi connectivity index (χ4n) is 3.00. The van der Waals surface area contributed by atoms with Crippen molar-refractivity contribution >= 4 is 21.3 Å². The number of benzene rings is 1. The monoisotopic (exact) mass is 427 g/mol. The molecule has 0 saturated heterocycles. The molecular weight excluding hydrogens is 407 g/mol. The number of carbonyl (C=O) groups is 1. The molecule has 1 aliphatic rings. The van der Waals surface area contributed by atoms with Crippen molar-refractivity contribution in [1.29, 1.82) is 0 Å². The van der Waals surface area contributed by atoms with Crippen LogP contribution < -0.4 is 0 Å². The van der Waals surface area contributed by atoms with Gasteiger partial charge in [0.05, 0.1) is 4.90 Å². The molecule has 29 heavy (non-hydrogen) atoms. The van der Waals surface area contributed by atoms with Crippen molar-refractivity contribution in [3.05, 3.63) is 53.6 Å². The summed E-state index contributed by atoms with van der Waals surface area (Å²) in [6, 6.07) is 5.77. The zero-order chi connectivity index (χ0) is 21.5. The van der Waals surface area contributed by atoms with Gasteiger partial charge in [-0.1, -0.05) is 18.7 Å². The highest BCUT2D eigenvalue weighted by atomic mass is 32.2. The van der Waals surface area contributed by atoms with Crippen molar-refractivity contribution in [3.63, 3.8) is 0 Å². The van der Waals surface area contributed by atoms with Crippen LogP contribution >= 0.6 is 0 Å². The minimum atomic E-state index is -3.35. The molecule has 1 aromatic carbocycles. The Balaban J connectivity index is 1.86. The van der Waals surface area contributed by atoms with Gasteiger partial charge in [0.2, 0.25) is 5.95 Å². The lowest BCUT2D eigenvalue weighted by molar-refractivity contribution is 0.0747. The van der Waals surface area contributed by atoms with Crippen molar-refractivity contribution < 1.29 is 26.4 Å². The third-order valence-corrected chi connectivity index (χ3v) is 5.85. The Morgan fingerprint density at radius 2 is 1.90 bits per heavy atom. The van der Waals surface area contributed by atoms with Crippen LogP contribution in [-0.4, -0.2) is 47.8 Å². The molecule has 6 nitrogen and oxygen atoms in total. The van der Waals surface area contributed by atoms with E-state index in [1.807, 2.05) is 0 Å². The lowest BCUT2D eigenvalue weighted by atomic mass is 10.1. The summed E-state index contributed by atoms with van der Waals surface area (Å²) in [5, 5.41) is 3.43. The fraction of sp³-hybridized carbons (Fsp3) is 0.368. The average Bonchev–Trinajstić information content (AvgIpc) is 3.44. The summed E-state index contributed by atoms with van der Waals surface area (Å²) in [6.45, 7) is 3.92. The highest BCUT2D eigenvalue weighted by Gasteiger charge is 2.38. The van der Waals surface area contributed by atoms with Crippen molar-refractivity contribution in [1.82, 2.24) is 14.7 Å². The van der Waals surface area contributed by atoms with Crippen LogP contribution in [-0.2, 0) is 16.9 Å². The number of nitrogens with zero attached hydrogens (tertiary/aromatic N) is 3. The van der Waals surface area contributed by atoms with Gasteiger partial charge in [-0.3, -0.25) is 4.79 Å². The third-order valence-electron chi connectivity index (χ3n) is 4.73. The Bertz CT molecular complexity index is 1060. The molecule has 0 unspecified atom stereocenters. The van der Waals surface area contributed by atoms with Crippen LogP contribution in [0.3, 0.4) is 0 Å². The van der Waals surface area contributed by atoms with E-state index >= 15 is 0 Å². The Labute approximate surface area is 166 Å². The van der Waals surface area contributed by atoms with Gasteiger partial charge in [0.25, 0.3) is 12.3 Å². The molecule has 0 spiro atoms. The number of hydrogen-bond donors (Lipinski definition) is 0. The van der Waals surface area contributed by atoms with Gasteiger partial charge >= 0.3 is 0 Å². The number of rotatable bonds is 7. The van der Waals surface area contributed by atoms with Crippen molar-refractivity contribution in [2.24, 2.45) is 7.05 Å². The second kappa shape index (κ2) is 7.66. The molecule has 156 valence electrons. The van der Waals surface area contributed by atoms with Crippen molar-refractivity contribution in [2.75, 3.05) is 12.8 Å². The number of alkyl halides is 2. The van der Waals surface area contributed by atoms with E-state index in [1.165, 1.54) is 17.0 Å².